The van der Waals surface area contributed by atoms with E-state index in [-0.39, 0.29) is 23.4 Å². The zero-order valence-corrected chi connectivity index (χ0v) is 16.3. The van der Waals surface area contributed by atoms with Crippen LogP contribution >= 0.6 is 0 Å². The topological polar surface area (TPSA) is 54.0 Å². The van der Waals surface area contributed by atoms with Crippen molar-refractivity contribution >= 4 is 16.9 Å². The third-order valence-electron chi connectivity index (χ3n) is 6.02. The summed E-state index contributed by atoms with van der Waals surface area (Å²) in [4.78, 5) is 16.5. The molecule has 2 unspecified atom stereocenters. The van der Waals surface area contributed by atoms with E-state index in [1.54, 1.807) is 12.1 Å². The average molecular weight is 369 g/mol. The summed E-state index contributed by atoms with van der Waals surface area (Å²) in [5.74, 6) is 1.51. The molecule has 2 aromatic rings. The van der Waals surface area contributed by atoms with Crippen molar-refractivity contribution in [1.29, 1.82) is 0 Å². The summed E-state index contributed by atoms with van der Waals surface area (Å²) in [7, 11) is 0. The van der Waals surface area contributed by atoms with Crippen LogP contribution in [0.5, 0.6) is 0 Å². The Morgan fingerprint density at radius 2 is 1.81 bits per heavy atom. The summed E-state index contributed by atoms with van der Waals surface area (Å²) in [6, 6.07) is 7.10. The highest BCUT2D eigenvalue weighted by Gasteiger charge is 2.42. The van der Waals surface area contributed by atoms with E-state index in [1.165, 1.54) is 11.6 Å². The van der Waals surface area contributed by atoms with Crippen molar-refractivity contribution in [3.8, 4) is 0 Å². The van der Waals surface area contributed by atoms with Crippen molar-refractivity contribution in [2.24, 2.45) is 11.8 Å². The SMILES string of the molecule is CC(C)(C)NC(=O)NC1C[C@@H]2CC(c3ccnc4ccc(F)cc34)C[C@@H]2C1. The maximum atomic E-state index is 13.8. The number of urea groups is 1. The molecule has 2 aliphatic rings. The van der Waals surface area contributed by atoms with Crippen molar-refractivity contribution in [1.82, 2.24) is 15.6 Å². The van der Waals surface area contributed by atoms with E-state index in [0.717, 1.165) is 36.6 Å². The number of nitrogens with one attached hydrogen (secondary N) is 2. The maximum Gasteiger partial charge on any atom is 0.315 e. The number of halogens is 1. The molecular weight excluding hydrogens is 341 g/mol. The Bertz CT molecular complexity index is 846. The zero-order valence-electron chi connectivity index (χ0n) is 16.3. The lowest BCUT2D eigenvalue weighted by Gasteiger charge is -2.23. The highest BCUT2D eigenvalue weighted by atomic mass is 19.1. The number of carbonyl (C=O) groups is 1. The molecule has 0 bridgehead atoms. The molecule has 5 heteroatoms. The van der Waals surface area contributed by atoms with Crippen LogP contribution in [0.15, 0.2) is 30.5 Å². The lowest BCUT2D eigenvalue weighted by Crippen LogP contribution is -2.49. The zero-order chi connectivity index (χ0) is 19.2. The molecule has 27 heavy (non-hydrogen) atoms. The van der Waals surface area contributed by atoms with Crippen LogP contribution in [0.25, 0.3) is 10.9 Å². The highest BCUT2D eigenvalue weighted by Crippen LogP contribution is 2.51. The fraction of sp³-hybridized carbons (Fsp3) is 0.545. The van der Waals surface area contributed by atoms with Gasteiger partial charge in [0.1, 0.15) is 5.82 Å². The van der Waals surface area contributed by atoms with E-state index in [0.29, 0.717) is 17.8 Å². The van der Waals surface area contributed by atoms with E-state index < -0.39 is 0 Å². The standard InChI is InChI=1S/C22H28FN3O/c1-22(2,3)26-21(27)25-17-10-13-8-15(9-14(13)11-17)18-6-7-24-20-5-4-16(23)12-19(18)20/h4-7,12-15,17H,8-11H2,1-3H3,(H2,25,26,27)/t13-,14+,15?,17?. The Hall–Kier alpha value is -2.17. The van der Waals surface area contributed by atoms with Gasteiger partial charge >= 0.3 is 6.03 Å². The van der Waals surface area contributed by atoms with Gasteiger partial charge in [-0.3, -0.25) is 4.98 Å². The van der Waals surface area contributed by atoms with Crippen molar-refractivity contribution in [2.45, 2.75) is 64.0 Å². The number of pyridine rings is 1. The van der Waals surface area contributed by atoms with E-state index in [2.05, 4.69) is 21.7 Å². The number of carbonyl (C=O) groups excluding carboxylic acids is 1. The first-order valence-electron chi connectivity index (χ1n) is 9.91. The van der Waals surface area contributed by atoms with Gasteiger partial charge in [-0.2, -0.15) is 0 Å². The largest absolute Gasteiger partial charge is 0.335 e. The number of fused-ring (bicyclic) bond motifs is 2. The summed E-state index contributed by atoms with van der Waals surface area (Å²) in [6.07, 6.45) is 6.13. The molecule has 0 radical (unpaired) electrons. The second-order valence-electron chi connectivity index (χ2n) is 9.27. The molecule has 144 valence electrons. The van der Waals surface area contributed by atoms with Crippen LogP contribution in [0.3, 0.4) is 0 Å². The van der Waals surface area contributed by atoms with Crippen LogP contribution < -0.4 is 10.6 Å². The van der Waals surface area contributed by atoms with Crippen LogP contribution in [-0.2, 0) is 0 Å². The van der Waals surface area contributed by atoms with Gasteiger partial charge in [0.2, 0.25) is 0 Å². The molecule has 1 aromatic heterocycles. The average Bonchev–Trinajstić information content (AvgIpc) is 3.10. The Balaban J connectivity index is 1.42. The van der Waals surface area contributed by atoms with Crippen molar-refractivity contribution in [3.05, 3.63) is 41.8 Å². The summed E-state index contributed by atoms with van der Waals surface area (Å²) < 4.78 is 13.8. The molecule has 2 fully saturated rings. The van der Waals surface area contributed by atoms with Gasteiger partial charge in [0.05, 0.1) is 5.52 Å². The van der Waals surface area contributed by atoms with Crippen LogP contribution in [0, 0.1) is 17.7 Å². The Morgan fingerprint density at radius 3 is 2.48 bits per heavy atom. The molecule has 1 heterocycles. The minimum Gasteiger partial charge on any atom is -0.335 e. The minimum absolute atomic E-state index is 0.0698. The molecule has 2 amide bonds. The third kappa shape index (κ3) is 3.92. The number of rotatable bonds is 2. The fourth-order valence-electron chi connectivity index (χ4n) is 5.05. The lowest BCUT2D eigenvalue weighted by atomic mass is 9.91. The van der Waals surface area contributed by atoms with Gasteiger partial charge < -0.3 is 10.6 Å². The van der Waals surface area contributed by atoms with Crippen LogP contribution in [0.4, 0.5) is 9.18 Å². The maximum absolute atomic E-state index is 13.8. The van der Waals surface area contributed by atoms with Gasteiger partial charge in [-0.1, -0.05) is 0 Å². The number of hydrogen-bond acceptors (Lipinski definition) is 2. The number of aromatic nitrogens is 1. The Kier molecular flexibility index (Phi) is 4.57. The lowest BCUT2D eigenvalue weighted by molar-refractivity contribution is 0.227. The van der Waals surface area contributed by atoms with Gasteiger partial charge in [0, 0.05) is 23.2 Å². The first kappa shape index (κ1) is 18.2. The van der Waals surface area contributed by atoms with Crippen LogP contribution in [0.2, 0.25) is 0 Å². The highest BCUT2D eigenvalue weighted by molar-refractivity contribution is 5.82. The van der Waals surface area contributed by atoms with Crippen LogP contribution in [-0.4, -0.2) is 22.6 Å². The first-order valence-corrected chi connectivity index (χ1v) is 9.91. The predicted molar refractivity (Wildman–Crippen MR) is 105 cm³/mol. The summed E-state index contributed by atoms with van der Waals surface area (Å²) >= 11 is 0. The second-order valence-corrected chi connectivity index (χ2v) is 9.27. The number of nitrogens with zero attached hydrogens (tertiary/aromatic N) is 1. The molecule has 4 rings (SSSR count). The molecule has 1 aromatic carbocycles. The van der Waals surface area contributed by atoms with Crippen LogP contribution in [0.1, 0.15) is 57.9 Å². The molecule has 0 spiro atoms. The predicted octanol–water partition coefficient (Wildman–Crippen LogP) is 4.74. The smallest absolute Gasteiger partial charge is 0.315 e. The second kappa shape index (κ2) is 6.77. The van der Waals surface area contributed by atoms with Crippen molar-refractivity contribution < 1.29 is 9.18 Å². The van der Waals surface area contributed by atoms with Gasteiger partial charge in [0.25, 0.3) is 0 Å². The summed E-state index contributed by atoms with van der Waals surface area (Å²) in [5, 5.41) is 7.07. The van der Waals surface area contributed by atoms with Gasteiger partial charge in [-0.15, -0.1) is 0 Å². The third-order valence-corrected chi connectivity index (χ3v) is 6.02. The quantitative estimate of drug-likeness (QED) is 0.803. The molecule has 0 saturated heterocycles. The normalized spacial score (nSPS) is 27.6. The molecule has 4 atom stereocenters. The van der Waals surface area contributed by atoms with E-state index in [4.69, 9.17) is 0 Å². The molecular formula is C22H28FN3O. The molecule has 4 nitrogen and oxygen atoms in total. The molecule has 2 N–H and O–H groups in total. The molecule has 2 saturated carbocycles. The number of hydrogen-bond donors (Lipinski definition) is 2. The van der Waals surface area contributed by atoms with Gasteiger partial charge in [-0.25, -0.2) is 9.18 Å². The molecule has 2 aliphatic carbocycles. The van der Waals surface area contributed by atoms with E-state index in [1.807, 2.05) is 27.0 Å². The summed E-state index contributed by atoms with van der Waals surface area (Å²) in [6.45, 7) is 5.97. The van der Waals surface area contributed by atoms with Crippen molar-refractivity contribution in [2.75, 3.05) is 0 Å². The minimum atomic E-state index is -0.221. The van der Waals surface area contributed by atoms with Gasteiger partial charge in [-0.05, 0) is 94.0 Å². The van der Waals surface area contributed by atoms with E-state index in [9.17, 15) is 9.18 Å². The molecule has 0 aliphatic heterocycles. The number of benzene rings is 1. The van der Waals surface area contributed by atoms with Gasteiger partial charge in [0.15, 0.2) is 0 Å². The monoisotopic (exact) mass is 369 g/mol. The number of amides is 2. The van der Waals surface area contributed by atoms with Crippen molar-refractivity contribution in [3.63, 3.8) is 0 Å². The summed E-state index contributed by atoms with van der Waals surface area (Å²) in [5.41, 5.74) is 1.87. The Labute approximate surface area is 159 Å². The fourth-order valence-corrected chi connectivity index (χ4v) is 5.05. The van der Waals surface area contributed by atoms with E-state index >= 15 is 0 Å². The first-order chi connectivity index (χ1) is 12.8. The Morgan fingerprint density at radius 1 is 1.11 bits per heavy atom.